The fourth-order valence-electron chi connectivity index (χ4n) is 2.96. The van der Waals surface area contributed by atoms with Gasteiger partial charge in [0.15, 0.2) is 5.17 Å². The van der Waals surface area contributed by atoms with Crippen LogP contribution in [0.2, 0.25) is 0 Å². The van der Waals surface area contributed by atoms with Gasteiger partial charge >= 0.3 is 0 Å². The lowest BCUT2D eigenvalue weighted by atomic mass is 10.2. The Morgan fingerprint density at radius 1 is 1.17 bits per heavy atom. The maximum atomic E-state index is 12.1. The summed E-state index contributed by atoms with van der Waals surface area (Å²) in [6.07, 6.45) is 4.34. The number of amidine groups is 1. The number of hydrogen-bond donors (Lipinski definition) is 0. The van der Waals surface area contributed by atoms with E-state index in [-0.39, 0.29) is 5.91 Å². The summed E-state index contributed by atoms with van der Waals surface area (Å²) in [6.45, 7) is 8.35. The molecule has 0 radical (unpaired) electrons. The van der Waals surface area contributed by atoms with Crippen LogP contribution in [0.4, 0.5) is 5.69 Å². The molecule has 2 heterocycles. The summed E-state index contributed by atoms with van der Waals surface area (Å²) < 4.78 is 0. The van der Waals surface area contributed by atoms with Crippen LogP contribution in [0, 0.1) is 0 Å². The number of likely N-dealkylation sites (tertiary alicyclic amines) is 1. The molecule has 23 heavy (non-hydrogen) atoms. The van der Waals surface area contributed by atoms with E-state index in [2.05, 4.69) is 52.9 Å². The normalized spacial score (nSPS) is 19.6. The first kappa shape index (κ1) is 16.1. The molecule has 0 spiro atoms. The average Bonchev–Trinajstić information content (AvgIpc) is 3.21. The van der Waals surface area contributed by atoms with Crippen molar-refractivity contribution in [1.29, 1.82) is 0 Å². The van der Waals surface area contributed by atoms with E-state index >= 15 is 0 Å². The van der Waals surface area contributed by atoms with Crippen LogP contribution < -0.4 is 4.90 Å². The summed E-state index contributed by atoms with van der Waals surface area (Å²) in [5.74, 6) is -0.107. The van der Waals surface area contributed by atoms with Gasteiger partial charge in [-0.1, -0.05) is 12.1 Å². The van der Waals surface area contributed by atoms with Crippen molar-refractivity contribution in [3.63, 3.8) is 0 Å². The van der Waals surface area contributed by atoms with E-state index in [1.54, 1.807) is 0 Å². The predicted molar refractivity (Wildman–Crippen MR) is 98.8 cm³/mol. The number of aliphatic imine (C=N–C) groups is 1. The fourth-order valence-corrected chi connectivity index (χ4v) is 3.93. The first-order valence-electron chi connectivity index (χ1n) is 8.33. The van der Waals surface area contributed by atoms with Gasteiger partial charge in [0.2, 0.25) is 0 Å². The van der Waals surface area contributed by atoms with Crippen molar-refractivity contribution in [2.75, 3.05) is 31.1 Å². The lowest BCUT2D eigenvalue weighted by molar-refractivity contribution is -0.113. The molecule has 5 heteroatoms. The van der Waals surface area contributed by atoms with Crippen LogP contribution in [0.5, 0.6) is 0 Å². The molecule has 1 aromatic carbocycles. The highest BCUT2D eigenvalue weighted by molar-refractivity contribution is 8.18. The Bertz CT molecular complexity index is 626. The Morgan fingerprint density at radius 2 is 1.83 bits per heavy atom. The van der Waals surface area contributed by atoms with E-state index < -0.39 is 0 Å². The Hall–Kier alpha value is -1.75. The topological polar surface area (TPSA) is 35.9 Å². The Kier molecular flexibility index (Phi) is 5.06. The number of benzene rings is 1. The van der Waals surface area contributed by atoms with Gasteiger partial charge in [-0.15, -0.1) is 0 Å². The van der Waals surface area contributed by atoms with Crippen molar-refractivity contribution in [2.45, 2.75) is 26.7 Å². The van der Waals surface area contributed by atoms with Gasteiger partial charge in [0.05, 0.1) is 4.91 Å². The third-order valence-corrected chi connectivity index (χ3v) is 5.35. The number of amides is 1. The number of anilines is 1. The molecule has 2 aliphatic heterocycles. The lowest BCUT2D eigenvalue weighted by Gasteiger charge is -2.20. The summed E-state index contributed by atoms with van der Waals surface area (Å²) in [5, 5.41) is 0.874. The summed E-state index contributed by atoms with van der Waals surface area (Å²) in [5.41, 5.74) is 2.27. The van der Waals surface area contributed by atoms with E-state index in [4.69, 9.17) is 0 Å². The highest BCUT2D eigenvalue weighted by Crippen LogP contribution is 2.31. The van der Waals surface area contributed by atoms with Gasteiger partial charge in [0, 0.05) is 31.9 Å². The zero-order valence-corrected chi connectivity index (χ0v) is 14.6. The number of thioether (sulfide) groups is 1. The summed E-state index contributed by atoms with van der Waals surface area (Å²) in [7, 11) is 0. The van der Waals surface area contributed by atoms with Crippen LogP contribution in [0.15, 0.2) is 34.2 Å². The molecule has 4 nitrogen and oxygen atoms in total. The number of rotatable bonds is 4. The molecule has 0 atom stereocenters. The van der Waals surface area contributed by atoms with Crippen LogP contribution in [-0.4, -0.2) is 42.2 Å². The molecule has 0 unspecified atom stereocenters. The van der Waals surface area contributed by atoms with Crippen molar-refractivity contribution >= 4 is 34.6 Å². The summed E-state index contributed by atoms with van der Waals surface area (Å²) >= 11 is 1.51. The van der Waals surface area contributed by atoms with Gasteiger partial charge < -0.3 is 9.80 Å². The van der Waals surface area contributed by atoms with Crippen molar-refractivity contribution in [3.05, 3.63) is 34.7 Å². The predicted octanol–water partition coefficient (Wildman–Crippen LogP) is 3.60. The number of nitrogens with zero attached hydrogens (tertiary/aromatic N) is 3. The second-order valence-electron chi connectivity index (χ2n) is 5.77. The molecule has 0 bridgehead atoms. The zero-order valence-electron chi connectivity index (χ0n) is 13.8. The first-order valence-corrected chi connectivity index (χ1v) is 9.15. The number of carbonyl (C=O) groups is 1. The standard InChI is InChI=1S/C18H23N3OS/c1-3-20(4-2)15-9-7-14(8-10-15)13-16-17(22)19-18(23-16)21-11-5-6-12-21/h7-10,13H,3-6,11-12H2,1-2H3/b16-13+. The van der Waals surface area contributed by atoms with Gasteiger partial charge in [-0.2, -0.15) is 4.99 Å². The monoisotopic (exact) mass is 329 g/mol. The van der Waals surface area contributed by atoms with Gasteiger partial charge in [-0.05, 0) is 62.2 Å². The molecule has 1 saturated heterocycles. The fraction of sp³-hybridized carbons (Fsp3) is 0.444. The van der Waals surface area contributed by atoms with Crippen LogP contribution in [-0.2, 0) is 4.79 Å². The van der Waals surface area contributed by atoms with Gasteiger partial charge in [-0.25, -0.2) is 0 Å². The molecular formula is C18H23N3OS. The average molecular weight is 329 g/mol. The molecule has 122 valence electrons. The van der Waals surface area contributed by atoms with Gasteiger partial charge in [0.1, 0.15) is 0 Å². The van der Waals surface area contributed by atoms with Crippen LogP contribution >= 0.6 is 11.8 Å². The van der Waals surface area contributed by atoms with E-state index in [9.17, 15) is 4.79 Å². The maximum Gasteiger partial charge on any atom is 0.286 e. The molecule has 1 aromatic rings. The molecule has 2 aliphatic rings. The first-order chi connectivity index (χ1) is 11.2. The van der Waals surface area contributed by atoms with Crippen molar-refractivity contribution in [1.82, 2.24) is 4.90 Å². The van der Waals surface area contributed by atoms with Crippen LogP contribution in [0.25, 0.3) is 6.08 Å². The molecular weight excluding hydrogens is 306 g/mol. The Balaban J connectivity index is 1.71. The lowest BCUT2D eigenvalue weighted by Crippen LogP contribution is -2.23. The minimum Gasteiger partial charge on any atom is -0.372 e. The quantitative estimate of drug-likeness (QED) is 0.791. The minimum atomic E-state index is -0.107. The largest absolute Gasteiger partial charge is 0.372 e. The number of hydrogen-bond acceptors (Lipinski definition) is 4. The van der Waals surface area contributed by atoms with E-state index in [0.717, 1.165) is 41.8 Å². The summed E-state index contributed by atoms with van der Waals surface area (Å²) in [4.78, 5) is 21.6. The molecule has 1 fully saturated rings. The third-order valence-electron chi connectivity index (χ3n) is 4.31. The summed E-state index contributed by atoms with van der Waals surface area (Å²) in [6, 6.07) is 8.38. The molecule has 1 amide bonds. The molecule has 0 aromatic heterocycles. The Labute approximate surface area is 142 Å². The highest BCUT2D eigenvalue weighted by atomic mass is 32.2. The van der Waals surface area contributed by atoms with Crippen molar-refractivity contribution < 1.29 is 4.79 Å². The maximum absolute atomic E-state index is 12.1. The number of carbonyl (C=O) groups excluding carboxylic acids is 1. The third kappa shape index (κ3) is 3.61. The van der Waals surface area contributed by atoms with E-state index in [1.165, 1.54) is 30.3 Å². The smallest absolute Gasteiger partial charge is 0.286 e. The molecule has 3 rings (SSSR count). The van der Waals surface area contributed by atoms with Gasteiger partial charge in [0.25, 0.3) is 5.91 Å². The highest BCUT2D eigenvalue weighted by Gasteiger charge is 2.27. The second kappa shape index (κ2) is 7.21. The van der Waals surface area contributed by atoms with Crippen molar-refractivity contribution in [2.24, 2.45) is 4.99 Å². The SMILES string of the molecule is CCN(CC)c1ccc(/C=C2/SC(N3CCCC3)=NC2=O)cc1. The van der Waals surface area contributed by atoms with Gasteiger partial charge in [-0.3, -0.25) is 4.79 Å². The molecule has 0 N–H and O–H groups in total. The van der Waals surface area contributed by atoms with E-state index in [1.807, 2.05) is 6.08 Å². The second-order valence-corrected chi connectivity index (χ2v) is 6.78. The molecule has 0 aliphatic carbocycles. The van der Waals surface area contributed by atoms with E-state index in [0.29, 0.717) is 0 Å². The van der Waals surface area contributed by atoms with Crippen LogP contribution in [0.1, 0.15) is 32.3 Å². The minimum absolute atomic E-state index is 0.107. The van der Waals surface area contributed by atoms with Crippen LogP contribution in [0.3, 0.4) is 0 Å². The zero-order chi connectivity index (χ0) is 16.2. The molecule has 0 saturated carbocycles. The van der Waals surface area contributed by atoms with Crippen molar-refractivity contribution in [3.8, 4) is 0 Å². The Morgan fingerprint density at radius 3 is 2.43 bits per heavy atom.